The van der Waals surface area contributed by atoms with E-state index >= 15 is 0 Å². The second kappa shape index (κ2) is 4.23. The molecule has 1 aromatic rings. The molecule has 82 valence electrons. The number of likely N-dealkylation sites (N-methyl/N-ethyl adjacent to an activating group) is 1. The fraction of sp³-hybridized carbons (Fsp3) is 0.538. The third kappa shape index (κ3) is 1.86. The Balaban J connectivity index is 2.32. The largest absolute Gasteiger partial charge is 0.371 e. The minimum Gasteiger partial charge on any atom is -0.371 e. The number of hydrogen-bond acceptors (Lipinski definition) is 2. The number of nitrogens with zero attached hydrogens (tertiary/aromatic N) is 1. The van der Waals surface area contributed by atoms with Crippen LogP contribution < -0.4 is 10.2 Å². The SMILES string of the molecule is CCN1CCc2ccc(C(C)NC)cc21. The van der Waals surface area contributed by atoms with Gasteiger partial charge in [0.15, 0.2) is 0 Å². The lowest BCUT2D eigenvalue weighted by molar-refractivity contribution is 0.652. The van der Waals surface area contributed by atoms with Gasteiger partial charge in [-0.3, -0.25) is 0 Å². The summed E-state index contributed by atoms with van der Waals surface area (Å²) in [5.41, 5.74) is 4.33. The average molecular weight is 204 g/mol. The zero-order valence-electron chi connectivity index (χ0n) is 9.88. The highest BCUT2D eigenvalue weighted by Crippen LogP contribution is 2.30. The molecule has 1 aromatic carbocycles. The fourth-order valence-electron chi connectivity index (χ4n) is 2.23. The Morgan fingerprint density at radius 3 is 2.93 bits per heavy atom. The zero-order chi connectivity index (χ0) is 10.8. The van der Waals surface area contributed by atoms with Crippen LogP contribution in [0.25, 0.3) is 0 Å². The zero-order valence-corrected chi connectivity index (χ0v) is 9.88. The van der Waals surface area contributed by atoms with Gasteiger partial charge in [0, 0.05) is 24.8 Å². The molecule has 0 fully saturated rings. The highest BCUT2D eigenvalue weighted by atomic mass is 15.1. The van der Waals surface area contributed by atoms with E-state index in [4.69, 9.17) is 0 Å². The van der Waals surface area contributed by atoms with Crippen molar-refractivity contribution in [2.45, 2.75) is 26.3 Å². The van der Waals surface area contributed by atoms with Gasteiger partial charge >= 0.3 is 0 Å². The second-order valence-electron chi connectivity index (χ2n) is 4.23. The summed E-state index contributed by atoms with van der Waals surface area (Å²) < 4.78 is 0. The van der Waals surface area contributed by atoms with Crippen molar-refractivity contribution in [1.29, 1.82) is 0 Å². The van der Waals surface area contributed by atoms with Crippen LogP contribution in [0.2, 0.25) is 0 Å². The summed E-state index contributed by atoms with van der Waals surface area (Å²) in [6, 6.07) is 7.31. The van der Waals surface area contributed by atoms with Gasteiger partial charge in [0.05, 0.1) is 0 Å². The van der Waals surface area contributed by atoms with E-state index in [9.17, 15) is 0 Å². The van der Waals surface area contributed by atoms with Crippen molar-refractivity contribution in [3.63, 3.8) is 0 Å². The van der Waals surface area contributed by atoms with Gasteiger partial charge in [-0.2, -0.15) is 0 Å². The van der Waals surface area contributed by atoms with Crippen LogP contribution in [0.3, 0.4) is 0 Å². The van der Waals surface area contributed by atoms with Crippen LogP contribution in [-0.2, 0) is 6.42 Å². The summed E-state index contributed by atoms with van der Waals surface area (Å²) in [6.07, 6.45) is 1.21. The standard InChI is InChI=1S/C13H20N2/c1-4-15-8-7-11-5-6-12(9-13(11)15)10(2)14-3/h5-6,9-10,14H,4,7-8H2,1-3H3. The number of nitrogens with one attached hydrogen (secondary N) is 1. The molecule has 1 heterocycles. The first-order valence-corrected chi connectivity index (χ1v) is 5.81. The maximum absolute atomic E-state index is 3.29. The van der Waals surface area contributed by atoms with Gasteiger partial charge in [0.25, 0.3) is 0 Å². The smallest absolute Gasteiger partial charge is 0.0402 e. The molecule has 1 aliphatic rings. The Kier molecular flexibility index (Phi) is 2.96. The molecular weight excluding hydrogens is 184 g/mol. The molecule has 15 heavy (non-hydrogen) atoms. The normalized spacial score (nSPS) is 16.6. The van der Waals surface area contributed by atoms with E-state index in [0.717, 1.165) is 6.54 Å². The Morgan fingerprint density at radius 1 is 1.47 bits per heavy atom. The van der Waals surface area contributed by atoms with Crippen LogP contribution in [0.4, 0.5) is 5.69 Å². The van der Waals surface area contributed by atoms with Crippen molar-refractivity contribution in [2.75, 3.05) is 25.0 Å². The molecular formula is C13H20N2. The van der Waals surface area contributed by atoms with Crippen LogP contribution in [0.5, 0.6) is 0 Å². The number of fused-ring (bicyclic) bond motifs is 1. The highest BCUT2D eigenvalue weighted by molar-refractivity contribution is 5.59. The van der Waals surface area contributed by atoms with Gasteiger partial charge < -0.3 is 10.2 Å². The van der Waals surface area contributed by atoms with Gasteiger partial charge in [-0.25, -0.2) is 0 Å². The number of benzene rings is 1. The highest BCUT2D eigenvalue weighted by Gasteiger charge is 2.18. The van der Waals surface area contributed by atoms with Crippen molar-refractivity contribution >= 4 is 5.69 Å². The van der Waals surface area contributed by atoms with E-state index in [-0.39, 0.29) is 0 Å². The summed E-state index contributed by atoms with van der Waals surface area (Å²) in [5.74, 6) is 0. The van der Waals surface area contributed by atoms with Gasteiger partial charge in [-0.05, 0) is 44.5 Å². The molecule has 2 nitrogen and oxygen atoms in total. The van der Waals surface area contributed by atoms with E-state index in [2.05, 4.69) is 42.3 Å². The lowest BCUT2D eigenvalue weighted by atomic mass is 10.0. The first kappa shape index (κ1) is 10.5. The molecule has 0 bridgehead atoms. The van der Waals surface area contributed by atoms with Gasteiger partial charge in [0.2, 0.25) is 0 Å². The summed E-state index contributed by atoms with van der Waals surface area (Å²) in [4.78, 5) is 2.46. The molecule has 2 rings (SSSR count). The minimum atomic E-state index is 0.439. The van der Waals surface area contributed by atoms with Gasteiger partial charge in [-0.15, -0.1) is 0 Å². The molecule has 1 unspecified atom stereocenters. The fourth-order valence-corrected chi connectivity index (χ4v) is 2.23. The summed E-state index contributed by atoms with van der Waals surface area (Å²) in [5, 5.41) is 3.29. The number of hydrogen-bond donors (Lipinski definition) is 1. The van der Waals surface area contributed by atoms with E-state index in [1.165, 1.54) is 29.8 Å². The average Bonchev–Trinajstić information content (AvgIpc) is 2.69. The van der Waals surface area contributed by atoms with Crippen molar-refractivity contribution in [1.82, 2.24) is 5.32 Å². The summed E-state index contributed by atoms with van der Waals surface area (Å²) >= 11 is 0. The van der Waals surface area contributed by atoms with E-state index in [0.29, 0.717) is 6.04 Å². The van der Waals surface area contributed by atoms with Crippen molar-refractivity contribution in [2.24, 2.45) is 0 Å². The van der Waals surface area contributed by atoms with Crippen LogP contribution >= 0.6 is 0 Å². The third-order valence-corrected chi connectivity index (χ3v) is 3.42. The molecule has 0 aliphatic carbocycles. The van der Waals surface area contributed by atoms with Crippen LogP contribution in [-0.4, -0.2) is 20.1 Å². The molecule has 1 N–H and O–H groups in total. The maximum atomic E-state index is 3.29. The summed E-state index contributed by atoms with van der Waals surface area (Å²) in [7, 11) is 2.01. The second-order valence-corrected chi connectivity index (χ2v) is 4.23. The van der Waals surface area contributed by atoms with Crippen LogP contribution in [0.15, 0.2) is 18.2 Å². The summed E-state index contributed by atoms with van der Waals surface area (Å²) in [6.45, 7) is 6.73. The molecule has 0 saturated carbocycles. The predicted octanol–water partition coefficient (Wildman–Crippen LogP) is 2.35. The van der Waals surface area contributed by atoms with Crippen molar-refractivity contribution < 1.29 is 0 Å². The molecule has 0 spiro atoms. The van der Waals surface area contributed by atoms with Crippen LogP contribution in [0, 0.1) is 0 Å². The Labute approximate surface area is 92.3 Å². The lowest BCUT2D eigenvalue weighted by Crippen LogP contribution is -2.19. The Morgan fingerprint density at radius 2 is 2.27 bits per heavy atom. The molecule has 1 aliphatic heterocycles. The molecule has 0 amide bonds. The first-order valence-electron chi connectivity index (χ1n) is 5.81. The van der Waals surface area contributed by atoms with Crippen molar-refractivity contribution in [3.05, 3.63) is 29.3 Å². The topological polar surface area (TPSA) is 15.3 Å². The maximum Gasteiger partial charge on any atom is 0.0402 e. The van der Waals surface area contributed by atoms with Crippen molar-refractivity contribution in [3.8, 4) is 0 Å². The number of anilines is 1. The first-order chi connectivity index (χ1) is 7.26. The quantitative estimate of drug-likeness (QED) is 0.813. The molecule has 2 heteroatoms. The molecule has 0 saturated heterocycles. The van der Waals surface area contributed by atoms with E-state index in [1.54, 1.807) is 0 Å². The van der Waals surface area contributed by atoms with E-state index in [1.807, 2.05) is 7.05 Å². The van der Waals surface area contributed by atoms with Gasteiger partial charge in [-0.1, -0.05) is 12.1 Å². The van der Waals surface area contributed by atoms with Crippen LogP contribution in [0.1, 0.15) is 31.0 Å². The van der Waals surface area contributed by atoms with Gasteiger partial charge in [0.1, 0.15) is 0 Å². The molecule has 0 radical (unpaired) electrons. The number of rotatable bonds is 3. The Hall–Kier alpha value is -1.02. The lowest BCUT2D eigenvalue weighted by Gasteiger charge is -2.19. The Bertz CT molecular complexity index is 346. The third-order valence-electron chi connectivity index (χ3n) is 3.42. The minimum absolute atomic E-state index is 0.439. The monoisotopic (exact) mass is 204 g/mol. The molecule has 0 aromatic heterocycles. The van der Waals surface area contributed by atoms with E-state index < -0.39 is 0 Å². The molecule has 1 atom stereocenters. The predicted molar refractivity (Wildman–Crippen MR) is 65.5 cm³/mol.